The average Bonchev–Trinajstić information content (AvgIpc) is 2.41. The molecule has 3 nitrogen and oxygen atoms in total. The highest BCUT2D eigenvalue weighted by Gasteiger charge is 2.26. The fraction of sp³-hybridized carbons (Fsp3) is 0.533. The van der Waals surface area contributed by atoms with E-state index < -0.39 is 0 Å². The first-order valence-electron chi connectivity index (χ1n) is 6.70. The van der Waals surface area contributed by atoms with Gasteiger partial charge >= 0.3 is 0 Å². The zero-order valence-electron chi connectivity index (χ0n) is 11.2. The Bertz CT molecular complexity index is 430. The van der Waals surface area contributed by atoms with Gasteiger partial charge in [0.2, 0.25) is 0 Å². The van der Waals surface area contributed by atoms with Crippen molar-refractivity contribution in [3.63, 3.8) is 0 Å². The minimum Gasteiger partial charge on any atom is -0.338 e. The van der Waals surface area contributed by atoms with Gasteiger partial charge in [0, 0.05) is 25.2 Å². The Balaban J connectivity index is 2.11. The predicted molar refractivity (Wildman–Crippen MR) is 73.2 cm³/mol. The van der Waals surface area contributed by atoms with Crippen molar-refractivity contribution in [2.24, 2.45) is 17.6 Å². The number of carbonyl (C=O) groups is 1. The van der Waals surface area contributed by atoms with Crippen LogP contribution in [0.4, 0.5) is 0 Å². The number of piperidine rings is 1. The van der Waals surface area contributed by atoms with Gasteiger partial charge in [0.15, 0.2) is 0 Å². The summed E-state index contributed by atoms with van der Waals surface area (Å²) in [7, 11) is 0. The first-order valence-corrected chi connectivity index (χ1v) is 6.70. The summed E-state index contributed by atoms with van der Waals surface area (Å²) in [5, 5.41) is 0. The van der Waals surface area contributed by atoms with E-state index in [1.54, 1.807) is 0 Å². The number of hydrogen-bond donors (Lipinski definition) is 1. The van der Waals surface area contributed by atoms with Gasteiger partial charge in [0.05, 0.1) is 0 Å². The van der Waals surface area contributed by atoms with E-state index in [-0.39, 0.29) is 5.91 Å². The van der Waals surface area contributed by atoms with Gasteiger partial charge in [-0.3, -0.25) is 4.79 Å². The lowest BCUT2D eigenvalue weighted by Gasteiger charge is -2.35. The van der Waals surface area contributed by atoms with Crippen LogP contribution in [-0.2, 0) is 6.54 Å². The van der Waals surface area contributed by atoms with E-state index in [1.807, 2.05) is 29.2 Å². The van der Waals surface area contributed by atoms with Crippen molar-refractivity contribution < 1.29 is 4.79 Å². The maximum absolute atomic E-state index is 12.4. The molecule has 2 atom stereocenters. The summed E-state index contributed by atoms with van der Waals surface area (Å²) in [5.41, 5.74) is 7.39. The molecule has 1 aliphatic heterocycles. The minimum atomic E-state index is 0.143. The van der Waals surface area contributed by atoms with Crippen LogP contribution >= 0.6 is 0 Å². The van der Waals surface area contributed by atoms with Crippen molar-refractivity contribution in [3.8, 4) is 0 Å². The number of nitrogens with zero attached hydrogens (tertiary/aromatic N) is 1. The number of carbonyl (C=O) groups excluding carboxylic acids is 1. The Labute approximate surface area is 109 Å². The number of hydrogen-bond acceptors (Lipinski definition) is 2. The third kappa shape index (κ3) is 2.72. The quantitative estimate of drug-likeness (QED) is 0.870. The van der Waals surface area contributed by atoms with Gasteiger partial charge in [-0.2, -0.15) is 0 Å². The van der Waals surface area contributed by atoms with Crippen molar-refractivity contribution in [1.82, 2.24) is 4.90 Å². The molecule has 3 heteroatoms. The van der Waals surface area contributed by atoms with Gasteiger partial charge in [0.1, 0.15) is 0 Å². The van der Waals surface area contributed by atoms with Gasteiger partial charge < -0.3 is 10.6 Å². The fourth-order valence-corrected chi connectivity index (χ4v) is 2.46. The number of likely N-dealkylation sites (tertiary alicyclic amines) is 1. The Hall–Kier alpha value is -1.35. The van der Waals surface area contributed by atoms with E-state index in [4.69, 9.17) is 5.73 Å². The van der Waals surface area contributed by atoms with E-state index in [2.05, 4.69) is 13.8 Å². The van der Waals surface area contributed by atoms with E-state index in [1.165, 1.54) is 0 Å². The molecule has 1 fully saturated rings. The molecule has 1 aromatic carbocycles. The lowest BCUT2D eigenvalue weighted by Crippen LogP contribution is -2.42. The fourth-order valence-electron chi connectivity index (χ4n) is 2.46. The monoisotopic (exact) mass is 246 g/mol. The third-order valence-corrected chi connectivity index (χ3v) is 4.03. The molecule has 1 saturated heterocycles. The number of rotatable bonds is 2. The molecule has 1 heterocycles. The number of amides is 1. The molecule has 98 valence electrons. The van der Waals surface area contributed by atoms with Crippen LogP contribution < -0.4 is 5.73 Å². The molecule has 2 rings (SSSR count). The molecule has 1 amide bonds. The lowest BCUT2D eigenvalue weighted by molar-refractivity contribution is 0.0627. The molecule has 0 aliphatic carbocycles. The van der Waals surface area contributed by atoms with E-state index in [9.17, 15) is 4.79 Å². The second-order valence-corrected chi connectivity index (χ2v) is 5.40. The molecule has 0 aromatic heterocycles. The van der Waals surface area contributed by atoms with Crippen LogP contribution in [0.1, 0.15) is 36.2 Å². The first kappa shape index (κ1) is 13.1. The second-order valence-electron chi connectivity index (χ2n) is 5.40. The van der Waals surface area contributed by atoms with Crippen molar-refractivity contribution in [2.75, 3.05) is 13.1 Å². The highest BCUT2D eigenvalue weighted by Crippen LogP contribution is 2.23. The van der Waals surface area contributed by atoms with Gasteiger partial charge in [-0.25, -0.2) is 0 Å². The summed E-state index contributed by atoms with van der Waals surface area (Å²) in [6.07, 6.45) is 1.10. The molecule has 2 unspecified atom stereocenters. The van der Waals surface area contributed by atoms with Gasteiger partial charge in [-0.05, 0) is 36.0 Å². The van der Waals surface area contributed by atoms with Crippen LogP contribution in [0.3, 0.4) is 0 Å². The Morgan fingerprint density at radius 2 is 2.17 bits per heavy atom. The van der Waals surface area contributed by atoms with Crippen LogP contribution in [-0.4, -0.2) is 23.9 Å². The standard InChI is InChI=1S/C15H22N2O/c1-11-6-7-17(10-12(11)2)15(18)14-5-3-4-13(8-14)9-16/h3-5,8,11-12H,6-7,9-10,16H2,1-2H3. The van der Waals surface area contributed by atoms with Crippen LogP contribution in [0.25, 0.3) is 0 Å². The van der Waals surface area contributed by atoms with Crippen LogP contribution in [0.2, 0.25) is 0 Å². The molecule has 1 aromatic rings. The summed E-state index contributed by atoms with van der Waals surface area (Å²) < 4.78 is 0. The van der Waals surface area contributed by atoms with E-state index in [0.717, 1.165) is 30.6 Å². The number of benzene rings is 1. The van der Waals surface area contributed by atoms with Gasteiger partial charge in [-0.15, -0.1) is 0 Å². The molecule has 0 spiro atoms. The summed E-state index contributed by atoms with van der Waals surface area (Å²) in [4.78, 5) is 14.4. The van der Waals surface area contributed by atoms with Crippen molar-refractivity contribution in [1.29, 1.82) is 0 Å². The molecule has 0 saturated carbocycles. The normalized spacial score (nSPS) is 24.1. The van der Waals surface area contributed by atoms with Crippen molar-refractivity contribution >= 4 is 5.91 Å². The average molecular weight is 246 g/mol. The summed E-state index contributed by atoms with van der Waals surface area (Å²) >= 11 is 0. The van der Waals surface area contributed by atoms with Crippen molar-refractivity contribution in [3.05, 3.63) is 35.4 Å². The maximum Gasteiger partial charge on any atom is 0.253 e. The highest BCUT2D eigenvalue weighted by atomic mass is 16.2. The van der Waals surface area contributed by atoms with Crippen LogP contribution in [0.5, 0.6) is 0 Å². The van der Waals surface area contributed by atoms with Crippen LogP contribution in [0.15, 0.2) is 24.3 Å². The molecule has 0 radical (unpaired) electrons. The first-order chi connectivity index (χ1) is 8.61. The largest absolute Gasteiger partial charge is 0.338 e. The van der Waals surface area contributed by atoms with E-state index >= 15 is 0 Å². The molecular formula is C15H22N2O. The summed E-state index contributed by atoms with van der Waals surface area (Å²) in [5.74, 6) is 1.44. The van der Waals surface area contributed by atoms with Crippen molar-refractivity contribution in [2.45, 2.75) is 26.8 Å². The molecule has 18 heavy (non-hydrogen) atoms. The van der Waals surface area contributed by atoms with Gasteiger partial charge in [-0.1, -0.05) is 26.0 Å². The summed E-state index contributed by atoms with van der Waals surface area (Å²) in [6.45, 7) is 6.71. The summed E-state index contributed by atoms with van der Waals surface area (Å²) in [6, 6.07) is 7.65. The SMILES string of the molecule is CC1CCN(C(=O)c2cccc(CN)c2)CC1C. The lowest BCUT2D eigenvalue weighted by atomic mass is 9.88. The van der Waals surface area contributed by atoms with Gasteiger partial charge in [0.25, 0.3) is 5.91 Å². The Kier molecular flexibility index (Phi) is 4.02. The van der Waals surface area contributed by atoms with Crippen LogP contribution in [0, 0.1) is 11.8 Å². The Morgan fingerprint density at radius 3 is 2.83 bits per heavy atom. The highest BCUT2D eigenvalue weighted by molar-refractivity contribution is 5.94. The van der Waals surface area contributed by atoms with E-state index in [0.29, 0.717) is 18.4 Å². The minimum absolute atomic E-state index is 0.143. The smallest absolute Gasteiger partial charge is 0.253 e. The molecule has 2 N–H and O–H groups in total. The third-order valence-electron chi connectivity index (χ3n) is 4.03. The molecule has 0 bridgehead atoms. The topological polar surface area (TPSA) is 46.3 Å². The maximum atomic E-state index is 12.4. The molecule has 1 aliphatic rings. The Morgan fingerprint density at radius 1 is 1.39 bits per heavy atom. The second kappa shape index (κ2) is 5.53. The predicted octanol–water partition coefficient (Wildman–Crippen LogP) is 2.26. The zero-order valence-corrected chi connectivity index (χ0v) is 11.2. The zero-order chi connectivity index (χ0) is 13.1. The number of nitrogens with two attached hydrogens (primary N) is 1. The molecular weight excluding hydrogens is 224 g/mol.